The number of hydrogen-bond acceptors (Lipinski definition) is 1. The van der Waals surface area contributed by atoms with Crippen molar-refractivity contribution >= 4 is 23.4 Å². The number of hydrogen-bond donors (Lipinski definition) is 0. The van der Waals surface area contributed by atoms with Crippen LogP contribution in [0, 0.1) is 13.8 Å². The third-order valence-corrected chi connectivity index (χ3v) is 5.90. The molecule has 2 heteroatoms. The topological polar surface area (TPSA) is 0 Å². The van der Waals surface area contributed by atoms with Gasteiger partial charge in [-0.2, -0.15) is 0 Å². The lowest BCUT2D eigenvalue weighted by Gasteiger charge is -2.29. The van der Waals surface area contributed by atoms with Crippen LogP contribution in [0.4, 0.5) is 0 Å². The highest BCUT2D eigenvalue weighted by molar-refractivity contribution is 7.99. The van der Waals surface area contributed by atoms with Gasteiger partial charge in [0.1, 0.15) is 0 Å². The Morgan fingerprint density at radius 1 is 0.783 bits per heavy atom. The first kappa shape index (κ1) is 14.9. The molecular formula is C21H17ClS. The van der Waals surface area contributed by atoms with E-state index in [1.54, 1.807) is 0 Å². The van der Waals surface area contributed by atoms with Gasteiger partial charge in [-0.3, -0.25) is 0 Å². The standard InChI is InChI=1S/C21H17ClS/c1-13-7-8-14(2)17(11-13)21-16-5-3-4-6-19(16)23-20-10-9-15(22)12-18(20)21/h3-12,21H,1-2H3. The largest absolute Gasteiger partial charge is 0.0895 e. The molecule has 1 unspecified atom stereocenters. The van der Waals surface area contributed by atoms with E-state index >= 15 is 0 Å². The fraction of sp³-hybridized carbons (Fsp3) is 0.143. The maximum atomic E-state index is 6.32. The van der Waals surface area contributed by atoms with Gasteiger partial charge in [-0.25, -0.2) is 0 Å². The highest BCUT2D eigenvalue weighted by Crippen LogP contribution is 2.49. The Balaban J connectivity index is 2.02. The summed E-state index contributed by atoms with van der Waals surface area (Å²) in [6, 6.07) is 21.7. The van der Waals surface area contributed by atoms with Crippen LogP contribution in [0.25, 0.3) is 0 Å². The lowest BCUT2D eigenvalue weighted by atomic mass is 9.82. The van der Waals surface area contributed by atoms with Gasteiger partial charge in [-0.15, -0.1) is 0 Å². The Morgan fingerprint density at radius 3 is 2.43 bits per heavy atom. The first-order valence-electron chi connectivity index (χ1n) is 7.77. The lowest BCUT2D eigenvalue weighted by Crippen LogP contribution is -2.11. The molecule has 0 saturated carbocycles. The minimum atomic E-state index is 0.251. The van der Waals surface area contributed by atoms with Crippen LogP contribution in [-0.4, -0.2) is 0 Å². The minimum Gasteiger partial charge on any atom is -0.0895 e. The summed E-state index contributed by atoms with van der Waals surface area (Å²) >= 11 is 8.16. The van der Waals surface area contributed by atoms with Crippen LogP contribution in [0.15, 0.2) is 70.5 Å². The maximum absolute atomic E-state index is 6.32. The Kier molecular flexibility index (Phi) is 3.71. The monoisotopic (exact) mass is 336 g/mol. The molecule has 3 aromatic rings. The molecule has 0 nitrogen and oxygen atoms in total. The summed E-state index contributed by atoms with van der Waals surface area (Å²) in [4.78, 5) is 2.65. The second kappa shape index (κ2) is 5.74. The van der Waals surface area contributed by atoms with Crippen molar-refractivity contribution in [3.63, 3.8) is 0 Å². The average molecular weight is 337 g/mol. The predicted octanol–water partition coefficient (Wildman–Crippen LogP) is 6.60. The molecule has 1 atom stereocenters. The van der Waals surface area contributed by atoms with Crippen molar-refractivity contribution in [2.45, 2.75) is 29.6 Å². The molecule has 3 aromatic carbocycles. The molecule has 0 fully saturated rings. The van der Waals surface area contributed by atoms with Gasteiger partial charge in [0.2, 0.25) is 0 Å². The van der Waals surface area contributed by atoms with Crippen molar-refractivity contribution in [3.8, 4) is 0 Å². The van der Waals surface area contributed by atoms with Crippen LogP contribution >= 0.6 is 23.4 Å². The molecular weight excluding hydrogens is 320 g/mol. The zero-order chi connectivity index (χ0) is 16.0. The van der Waals surface area contributed by atoms with Crippen LogP contribution in [0.3, 0.4) is 0 Å². The second-order valence-electron chi connectivity index (χ2n) is 6.12. The van der Waals surface area contributed by atoms with Crippen LogP contribution in [0.2, 0.25) is 5.02 Å². The van der Waals surface area contributed by atoms with E-state index in [0.29, 0.717) is 0 Å². The number of halogens is 1. The van der Waals surface area contributed by atoms with Gasteiger partial charge in [-0.05, 0) is 60.4 Å². The first-order valence-corrected chi connectivity index (χ1v) is 8.96. The van der Waals surface area contributed by atoms with Gasteiger partial charge in [0.25, 0.3) is 0 Å². The molecule has 114 valence electrons. The Labute approximate surface area is 146 Å². The van der Waals surface area contributed by atoms with Crippen molar-refractivity contribution in [1.29, 1.82) is 0 Å². The van der Waals surface area contributed by atoms with Gasteiger partial charge in [0.15, 0.2) is 0 Å². The fourth-order valence-electron chi connectivity index (χ4n) is 3.34. The molecule has 0 amide bonds. The fourth-order valence-corrected chi connectivity index (χ4v) is 4.64. The Hall–Kier alpha value is -1.70. The van der Waals surface area contributed by atoms with Crippen LogP contribution in [-0.2, 0) is 0 Å². The van der Waals surface area contributed by atoms with E-state index in [-0.39, 0.29) is 5.92 Å². The lowest BCUT2D eigenvalue weighted by molar-refractivity contribution is 0.890. The predicted molar refractivity (Wildman–Crippen MR) is 98.9 cm³/mol. The number of aryl methyl sites for hydroxylation is 2. The van der Waals surface area contributed by atoms with E-state index < -0.39 is 0 Å². The molecule has 1 aliphatic heterocycles. The van der Waals surface area contributed by atoms with E-state index in [9.17, 15) is 0 Å². The molecule has 0 radical (unpaired) electrons. The Bertz CT molecular complexity index is 884. The van der Waals surface area contributed by atoms with Crippen molar-refractivity contribution in [1.82, 2.24) is 0 Å². The molecule has 0 aliphatic carbocycles. The van der Waals surface area contributed by atoms with Gasteiger partial charge < -0.3 is 0 Å². The summed E-state index contributed by atoms with van der Waals surface area (Å²) in [7, 11) is 0. The van der Waals surface area contributed by atoms with Gasteiger partial charge in [-0.1, -0.05) is 65.3 Å². The number of benzene rings is 3. The third-order valence-electron chi connectivity index (χ3n) is 4.48. The summed E-state index contributed by atoms with van der Waals surface area (Å²) in [5, 5.41) is 0.805. The molecule has 0 aromatic heterocycles. The van der Waals surface area contributed by atoms with Crippen LogP contribution in [0.1, 0.15) is 33.7 Å². The third kappa shape index (κ3) is 2.58. The number of rotatable bonds is 1. The maximum Gasteiger partial charge on any atom is 0.0409 e. The van der Waals surface area contributed by atoms with E-state index in [4.69, 9.17) is 11.6 Å². The summed E-state index contributed by atoms with van der Waals surface area (Å²) in [6.07, 6.45) is 0. The second-order valence-corrected chi connectivity index (χ2v) is 7.64. The zero-order valence-corrected chi connectivity index (χ0v) is 14.7. The van der Waals surface area contributed by atoms with E-state index in [2.05, 4.69) is 68.4 Å². The minimum absolute atomic E-state index is 0.251. The Morgan fingerprint density at radius 2 is 1.57 bits per heavy atom. The molecule has 0 bridgehead atoms. The normalized spacial score (nSPS) is 15.9. The zero-order valence-electron chi connectivity index (χ0n) is 13.1. The van der Waals surface area contributed by atoms with Crippen molar-refractivity contribution in [3.05, 3.63) is 93.5 Å². The van der Waals surface area contributed by atoms with Crippen LogP contribution < -0.4 is 0 Å². The summed E-state index contributed by atoms with van der Waals surface area (Å²) in [5.74, 6) is 0.251. The first-order chi connectivity index (χ1) is 11.1. The molecule has 1 heterocycles. The smallest absolute Gasteiger partial charge is 0.0409 e. The summed E-state index contributed by atoms with van der Waals surface area (Å²) in [6.45, 7) is 4.36. The van der Waals surface area contributed by atoms with Gasteiger partial charge in [0, 0.05) is 20.7 Å². The highest BCUT2D eigenvalue weighted by atomic mass is 35.5. The molecule has 4 rings (SSSR count). The highest BCUT2D eigenvalue weighted by Gasteiger charge is 2.28. The van der Waals surface area contributed by atoms with Gasteiger partial charge in [0.05, 0.1) is 0 Å². The van der Waals surface area contributed by atoms with Crippen molar-refractivity contribution in [2.75, 3.05) is 0 Å². The van der Waals surface area contributed by atoms with Crippen molar-refractivity contribution < 1.29 is 0 Å². The summed E-state index contributed by atoms with van der Waals surface area (Å²) in [5.41, 5.74) is 6.69. The average Bonchev–Trinajstić information content (AvgIpc) is 2.55. The van der Waals surface area contributed by atoms with Crippen LogP contribution in [0.5, 0.6) is 0 Å². The molecule has 0 spiro atoms. The molecule has 23 heavy (non-hydrogen) atoms. The summed E-state index contributed by atoms with van der Waals surface area (Å²) < 4.78 is 0. The molecule has 0 saturated heterocycles. The van der Waals surface area contributed by atoms with E-state index in [0.717, 1.165) is 5.02 Å². The molecule has 1 aliphatic rings. The molecule has 0 N–H and O–H groups in total. The number of fused-ring (bicyclic) bond motifs is 2. The van der Waals surface area contributed by atoms with Gasteiger partial charge >= 0.3 is 0 Å². The quantitative estimate of drug-likeness (QED) is 0.377. The van der Waals surface area contributed by atoms with Crippen molar-refractivity contribution in [2.24, 2.45) is 0 Å². The van der Waals surface area contributed by atoms with E-state index in [1.807, 2.05) is 17.8 Å². The SMILES string of the molecule is Cc1ccc(C)c(C2c3ccccc3Sc3ccc(Cl)cc32)c1. The van der Waals surface area contributed by atoms with E-state index in [1.165, 1.54) is 37.6 Å².